The van der Waals surface area contributed by atoms with Crippen LogP contribution in [0.2, 0.25) is 0 Å². The van der Waals surface area contributed by atoms with Crippen LogP contribution >= 0.6 is 0 Å². The van der Waals surface area contributed by atoms with Crippen LogP contribution in [0.4, 0.5) is 10.1 Å². The molecule has 0 saturated carbocycles. The van der Waals surface area contributed by atoms with Crippen LogP contribution in [-0.4, -0.2) is 20.9 Å². The van der Waals surface area contributed by atoms with Crippen molar-refractivity contribution in [2.75, 3.05) is 10.8 Å². The molecule has 5 nitrogen and oxygen atoms in total. The number of nitrogens with zero attached hydrogens (tertiary/aromatic N) is 1. The van der Waals surface area contributed by atoms with Crippen LogP contribution in [0.15, 0.2) is 83.8 Å². The number of sulfonamides is 1. The third-order valence-corrected chi connectivity index (χ3v) is 6.67. The summed E-state index contributed by atoms with van der Waals surface area (Å²) < 4.78 is 40.2. The third kappa shape index (κ3) is 4.68. The highest BCUT2D eigenvalue weighted by atomic mass is 32.2. The lowest BCUT2D eigenvalue weighted by Crippen LogP contribution is -2.31. The van der Waals surface area contributed by atoms with E-state index in [2.05, 4.69) is 5.32 Å². The molecule has 1 N–H and O–H groups in total. The van der Waals surface area contributed by atoms with E-state index >= 15 is 0 Å². The van der Waals surface area contributed by atoms with Crippen LogP contribution < -0.4 is 9.62 Å². The van der Waals surface area contributed by atoms with Crippen LogP contribution in [0.25, 0.3) is 0 Å². The third-order valence-electron chi connectivity index (χ3n) is 4.75. The van der Waals surface area contributed by atoms with E-state index in [9.17, 15) is 17.6 Å². The lowest BCUT2D eigenvalue weighted by molar-refractivity contribution is 0.0940. The number of hydrogen-bond acceptors (Lipinski definition) is 3. The Kier molecular flexibility index (Phi) is 6.52. The maximum absolute atomic E-state index is 13.1. The van der Waals surface area contributed by atoms with E-state index in [1.807, 2.05) is 6.92 Å². The summed E-state index contributed by atoms with van der Waals surface area (Å²) in [5.41, 5.74) is 1.66. The Bertz CT molecular complexity index is 1100. The molecule has 1 atom stereocenters. The molecule has 0 bridgehead atoms. The zero-order chi connectivity index (χ0) is 21.7. The second kappa shape index (κ2) is 9.09. The number of hydrogen-bond donors (Lipinski definition) is 1. The van der Waals surface area contributed by atoms with Gasteiger partial charge in [0.25, 0.3) is 15.9 Å². The van der Waals surface area contributed by atoms with E-state index in [4.69, 9.17) is 0 Å². The van der Waals surface area contributed by atoms with Gasteiger partial charge in [0, 0.05) is 12.1 Å². The maximum Gasteiger partial charge on any atom is 0.264 e. The Balaban J connectivity index is 1.76. The normalized spacial score (nSPS) is 12.2. The molecule has 0 aliphatic rings. The van der Waals surface area contributed by atoms with Crippen molar-refractivity contribution in [1.82, 2.24) is 5.32 Å². The molecular formula is C23H23FN2O3S. The summed E-state index contributed by atoms with van der Waals surface area (Å²) in [5, 5.41) is 2.86. The van der Waals surface area contributed by atoms with E-state index in [1.165, 1.54) is 16.4 Å². The Labute approximate surface area is 176 Å². The first-order chi connectivity index (χ1) is 14.3. The van der Waals surface area contributed by atoms with Crippen molar-refractivity contribution in [3.8, 4) is 0 Å². The molecule has 0 radical (unpaired) electrons. The van der Waals surface area contributed by atoms with Crippen LogP contribution in [0, 0.1) is 5.82 Å². The topological polar surface area (TPSA) is 66.5 Å². The molecule has 0 aromatic heterocycles. The number of rotatable bonds is 7. The molecule has 1 amide bonds. The van der Waals surface area contributed by atoms with Gasteiger partial charge in [-0.2, -0.15) is 0 Å². The molecule has 3 aromatic carbocycles. The van der Waals surface area contributed by atoms with Gasteiger partial charge in [-0.05, 0) is 67.9 Å². The summed E-state index contributed by atoms with van der Waals surface area (Å²) in [7, 11) is -3.69. The Morgan fingerprint density at radius 3 is 2.13 bits per heavy atom. The molecule has 1 unspecified atom stereocenters. The molecule has 0 spiro atoms. The Morgan fingerprint density at radius 1 is 0.967 bits per heavy atom. The number of amides is 1. The largest absolute Gasteiger partial charge is 0.346 e. The number of nitrogens with one attached hydrogen (secondary N) is 1. The summed E-state index contributed by atoms with van der Waals surface area (Å²) in [5.74, 6) is -0.633. The summed E-state index contributed by atoms with van der Waals surface area (Å²) in [4.78, 5) is 12.8. The molecule has 3 aromatic rings. The number of benzene rings is 3. The van der Waals surface area contributed by atoms with Crippen LogP contribution in [-0.2, 0) is 10.0 Å². The van der Waals surface area contributed by atoms with Crippen molar-refractivity contribution in [2.24, 2.45) is 0 Å². The first-order valence-electron chi connectivity index (χ1n) is 9.57. The van der Waals surface area contributed by atoms with Gasteiger partial charge in [0.2, 0.25) is 0 Å². The molecule has 0 heterocycles. The fourth-order valence-corrected chi connectivity index (χ4v) is 4.60. The molecular weight excluding hydrogens is 403 g/mol. The van der Waals surface area contributed by atoms with E-state index in [0.717, 1.165) is 5.56 Å². The fraction of sp³-hybridized carbons (Fsp3) is 0.174. The van der Waals surface area contributed by atoms with Crippen molar-refractivity contribution < 1.29 is 17.6 Å². The van der Waals surface area contributed by atoms with Crippen LogP contribution in [0.1, 0.15) is 35.8 Å². The van der Waals surface area contributed by atoms with Crippen LogP contribution in [0.5, 0.6) is 0 Å². The highest BCUT2D eigenvalue weighted by molar-refractivity contribution is 7.92. The quantitative estimate of drug-likeness (QED) is 0.604. The molecule has 7 heteroatoms. The summed E-state index contributed by atoms with van der Waals surface area (Å²) in [6, 6.07) is 20.3. The molecule has 3 rings (SSSR count). The molecule has 156 valence electrons. The fourth-order valence-electron chi connectivity index (χ4n) is 3.10. The predicted molar refractivity (Wildman–Crippen MR) is 115 cm³/mol. The zero-order valence-corrected chi connectivity index (χ0v) is 17.6. The van der Waals surface area contributed by atoms with Crippen molar-refractivity contribution in [1.29, 1.82) is 0 Å². The predicted octanol–water partition coefficient (Wildman–Crippen LogP) is 4.53. The minimum Gasteiger partial charge on any atom is -0.346 e. The first-order valence-corrected chi connectivity index (χ1v) is 11.0. The van der Waals surface area contributed by atoms with Crippen molar-refractivity contribution in [3.63, 3.8) is 0 Å². The second-order valence-corrected chi connectivity index (χ2v) is 8.64. The van der Waals surface area contributed by atoms with Gasteiger partial charge in [-0.3, -0.25) is 9.10 Å². The van der Waals surface area contributed by atoms with E-state index in [1.54, 1.807) is 73.7 Å². The van der Waals surface area contributed by atoms with Crippen LogP contribution in [0.3, 0.4) is 0 Å². The summed E-state index contributed by atoms with van der Waals surface area (Å²) in [6.45, 7) is 3.82. The smallest absolute Gasteiger partial charge is 0.264 e. The Hall–Kier alpha value is -3.19. The van der Waals surface area contributed by atoms with Crippen molar-refractivity contribution in [2.45, 2.75) is 24.8 Å². The SMILES string of the molecule is CCN(c1ccc(C(=O)NC(C)c2ccc(F)cc2)cc1)S(=O)(=O)c1ccccc1. The average Bonchev–Trinajstić information content (AvgIpc) is 2.75. The van der Waals surface area contributed by atoms with Crippen molar-refractivity contribution >= 4 is 21.6 Å². The Morgan fingerprint density at radius 2 is 1.57 bits per heavy atom. The summed E-state index contributed by atoms with van der Waals surface area (Å²) in [6.07, 6.45) is 0. The highest BCUT2D eigenvalue weighted by Crippen LogP contribution is 2.24. The van der Waals surface area contributed by atoms with Gasteiger partial charge >= 0.3 is 0 Å². The number of halogens is 1. The molecule has 0 saturated heterocycles. The van der Waals surface area contributed by atoms with Gasteiger partial charge < -0.3 is 5.32 Å². The standard InChI is InChI=1S/C23H23FN2O3S/c1-3-26(30(28,29)22-7-5-4-6-8-22)21-15-11-19(12-16-21)23(27)25-17(2)18-9-13-20(24)14-10-18/h4-17H,3H2,1-2H3,(H,25,27). The van der Waals surface area contributed by atoms with Gasteiger partial charge in [-0.15, -0.1) is 0 Å². The second-order valence-electron chi connectivity index (χ2n) is 6.78. The average molecular weight is 427 g/mol. The molecule has 0 aliphatic heterocycles. The van der Waals surface area contributed by atoms with Crippen molar-refractivity contribution in [3.05, 3.63) is 95.8 Å². The molecule has 30 heavy (non-hydrogen) atoms. The number of carbonyl (C=O) groups excluding carboxylic acids is 1. The maximum atomic E-state index is 13.1. The summed E-state index contributed by atoms with van der Waals surface area (Å²) >= 11 is 0. The zero-order valence-electron chi connectivity index (χ0n) is 16.7. The monoisotopic (exact) mass is 426 g/mol. The number of anilines is 1. The minimum absolute atomic E-state index is 0.210. The molecule has 0 aliphatic carbocycles. The highest BCUT2D eigenvalue weighted by Gasteiger charge is 2.23. The van der Waals surface area contributed by atoms with E-state index < -0.39 is 10.0 Å². The lowest BCUT2D eigenvalue weighted by Gasteiger charge is -2.23. The minimum atomic E-state index is -3.69. The van der Waals surface area contributed by atoms with E-state index in [0.29, 0.717) is 11.3 Å². The lowest BCUT2D eigenvalue weighted by atomic mass is 10.1. The van der Waals surface area contributed by atoms with E-state index in [-0.39, 0.29) is 29.2 Å². The number of carbonyl (C=O) groups is 1. The van der Waals surface area contributed by atoms with Gasteiger partial charge in [0.1, 0.15) is 5.82 Å². The molecule has 0 fully saturated rings. The van der Waals surface area contributed by atoms with Gasteiger partial charge in [0.05, 0.1) is 16.6 Å². The first kappa shape index (κ1) is 21.5. The van der Waals surface area contributed by atoms with Gasteiger partial charge in [0.15, 0.2) is 0 Å². The van der Waals surface area contributed by atoms with Gasteiger partial charge in [-0.25, -0.2) is 12.8 Å². The van der Waals surface area contributed by atoms with Gasteiger partial charge in [-0.1, -0.05) is 30.3 Å².